The molecule has 0 spiro atoms. The molecule has 8 heteroatoms. The number of hydrogen-bond donors (Lipinski definition) is 2. The van der Waals surface area contributed by atoms with Gasteiger partial charge in [0.25, 0.3) is 0 Å². The zero-order valence-corrected chi connectivity index (χ0v) is 9.83. The molecule has 0 aliphatic rings. The van der Waals surface area contributed by atoms with Gasteiger partial charge in [-0.2, -0.15) is 0 Å². The monoisotopic (exact) mass is 239 g/mol. The lowest BCUT2D eigenvalue weighted by molar-refractivity contribution is -0.143. The first kappa shape index (κ1) is 14.1. The van der Waals surface area contributed by atoms with Crippen LogP contribution in [-0.4, -0.2) is 36.5 Å². The van der Waals surface area contributed by atoms with E-state index < -0.39 is 24.8 Å². The predicted octanol–water partition coefficient (Wildman–Crippen LogP) is 0.409. The van der Waals surface area contributed by atoms with Gasteiger partial charge in [0.2, 0.25) is 11.2 Å². The Balaban J connectivity index is 5.37. The molecule has 0 fully saturated rings. The number of carbonyl (C=O) groups excluding carboxylic acids is 1. The molecule has 0 saturated carbocycles. The first-order valence-electron chi connectivity index (χ1n) is 3.97. The highest BCUT2D eigenvalue weighted by Gasteiger charge is 2.53. The molecule has 1 atom stereocenters. The standard InChI is InChI=1S/C7H14NO6P/c1-5(9)8-7(2,6(10)11)15(12,13-3)14-4/h1-4H3,(H,8,9)(H,10,11). The smallest absolute Gasteiger partial charge is 0.366 e. The molecule has 0 heterocycles. The summed E-state index contributed by atoms with van der Waals surface area (Å²) in [6.07, 6.45) is 0. The van der Waals surface area contributed by atoms with E-state index in [0.717, 1.165) is 28.1 Å². The molecule has 0 aromatic carbocycles. The largest absolute Gasteiger partial charge is 0.479 e. The fourth-order valence-corrected chi connectivity index (χ4v) is 2.43. The summed E-state index contributed by atoms with van der Waals surface area (Å²) in [4.78, 5) is 21.8. The predicted molar refractivity (Wildman–Crippen MR) is 51.5 cm³/mol. The van der Waals surface area contributed by atoms with Gasteiger partial charge in [0.1, 0.15) is 0 Å². The van der Waals surface area contributed by atoms with Gasteiger partial charge in [-0.25, -0.2) is 4.79 Å². The zero-order chi connectivity index (χ0) is 12.3. The number of rotatable bonds is 5. The Morgan fingerprint density at radius 2 is 1.73 bits per heavy atom. The van der Waals surface area contributed by atoms with E-state index in [9.17, 15) is 14.2 Å². The minimum atomic E-state index is -3.94. The lowest BCUT2D eigenvalue weighted by Gasteiger charge is -2.30. The van der Waals surface area contributed by atoms with E-state index in [-0.39, 0.29) is 0 Å². The Bertz CT molecular complexity index is 309. The third kappa shape index (κ3) is 2.56. The summed E-state index contributed by atoms with van der Waals surface area (Å²) in [6.45, 7) is 2.17. The van der Waals surface area contributed by atoms with Crippen LogP contribution in [0.5, 0.6) is 0 Å². The number of carbonyl (C=O) groups is 2. The Morgan fingerprint density at radius 3 is 1.93 bits per heavy atom. The van der Waals surface area contributed by atoms with E-state index in [1.54, 1.807) is 0 Å². The lowest BCUT2D eigenvalue weighted by Crippen LogP contribution is -2.51. The maximum Gasteiger partial charge on any atom is 0.366 e. The maximum atomic E-state index is 11.9. The van der Waals surface area contributed by atoms with Crippen molar-refractivity contribution in [2.75, 3.05) is 14.2 Å². The first-order valence-corrected chi connectivity index (χ1v) is 5.51. The molecule has 2 N–H and O–H groups in total. The van der Waals surface area contributed by atoms with Gasteiger partial charge in [0.15, 0.2) is 0 Å². The second kappa shape index (κ2) is 4.74. The molecule has 0 rings (SSSR count). The van der Waals surface area contributed by atoms with Crippen LogP contribution in [0.1, 0.15) is 13.8 Å². The van der Waals surface area contributed by atoms with Crippen LogP contribution in [0.4, 0.5) is 0 Å². The number of carboxylic acids is 1. The minimum Gasteiger partial charge on any atom is -0.479 e. The Morgan fingerprint density at radius 1 is 1.33 bits per heavy atom. The van der Waals surface area contributed by atoms with Crippen molar-refractivity contribution < 1.29 is 28.3 Å². The molecule has 0 aromatic heterocycles. The van der Waals surface area contributed by atoms with Gasteiger partial charge >= 0.3 is 13.6 Å². The Labute approximate surface area is 87.3 Å². The number of nitrogens with one attached hydrogen (secondary N) is 1. The quantitative estimate of drug-likeness (QED) is 0.673. The summed E-state index contributed by atoms with van der Waals surface area (Å²) in [7, 11) is -1.85. The molecule has 88 valence electrons. The highest BCUT2D eigenvalue weighted by molar-refractivity contribution is 7.56. The van der Waals surface area contributed by atoms with Gasteiger partial charge in [-0.3, -0.25) is 9.36 Å². The van der Waals surface area contributed by atoms with Crippen molar-refractivity contribution in [2.24, 2.45) is 0 Å². The van der Waals surface area contributed by atoms with Crippen molar-refractivity contribution >= 4 is 19.5 Å². The number of carboxylic acid groups (broad SMARTS) is 1. The van der Waals surface area contributed by atoms with Crippen LogP contribution in [0.25, 0.3) is 0 Å². The van der Waals surface area contributed by atoms with Crippen LogP contribution in [0.15, 0.2) is 0 Å². The van der Waals surface area contributed by atoms with Gasteiger partial charge in [-0.1, -0.05) is 0 Å². The minimum absolute atomic E-state index is 0.644. The van der Waals surface area contributed by atoms with Crippen molar-refractivity contribution in [3.05, 3.63) is 0 Å². The van der Waals surface area contributed by atoms with Crippen molar-refractivity contribution in [1.82, 2.24) is 5.32 Å². The first-order chi connectivity index (χ1) is 6.73. The average molecular weight is 239 g/mol. The number of hydrogen-bond acceptors (Lipinski definition) is 5. The van der Waals surface area contributed by atoms with E-state index >= 15 is 0 Å². The molecule has 0 aromatic rings. The maximum absolute atomic E-state index is 11.9. The summed E-state index contributed by atoms with van der Waals surface area (Å²) >= 11 is 0. The molecule has 0 radical (unpaired) electrons. The molecule has 1 amide bonds. The number of amides is 1. The van der Waals surface area contributed by atoms with Crippen molar-refractivity contribution in [3.8, 4) is 0 Å². The molecular formula is C7H14NO6P. The van der Waals surface area contributed by atoms with Crippen LogP contribution >= 0.6 is 7.60 Å². The lowest BCUT2D eigenvalue weighted by atomic mass is 10.3. The normalized spacial score (nSPS) is 15.5. The van der Waals surface area contributed by atoms with Crippen molar-refractivity contribution in [2.45, 2.75) is 19.1 Å². The van der Waals surface area contributed by atoms with Crippen LogP contribution in [0.3, 0.4) is 0 Å². The van der Waals surface area contributed by atoms with Crippen LogP contribution in [-0.2, 0) is 23.2 Å². The van der Waals surface area contributed by atoms with Crippen LogP contribution < -0.4 is 5.32 Å². The van der Waals surface area contributed by atoms with Crippen molar-refractivity contribution in [3.63, 3.8) is 0 Å². The van der Waals surface area contributed by atoms with E-state index in [1.165, 1.54) is 0 Å². The third-order valence-electron chi connectivity index (χ3n) is 1.86. The van der Waals surface area contributed by atoms with Gasteiger partial charge in [0, 0.05) is 21.1 Å². The molecule has 0 bridgehead atoms. The van der Waals surface area contributed by atoms with Gasteiger partial charge in [0.05, 0.1) is 0 Å². The molecule has 0 aliphatic heterocycles. The summed E-state index contributed by atoms with van der Waals surface area (Å²) in [5.41, 5.74) is 0. The van der Waals surface area contributed by atoms with Gasteiger partial charge in [-0.15, -0.1) is 0 Å². The topological polar surface area (TPSA) is 102 Å². The SMILES string of the molecule is COP(=O)(OC)C(C)(NC(C)=O)C(=O)O. The Kier molecular flexibility index (Phi) is 4.45. The second-order valence-electron chi connectivity index (χ2n) is 2.92. The van der Waals surface area contributed by atoms with Crippen LogP contribution in [0, 0.1) is 0 Å². The van der Waals surface area contributed by atoms with E-state index in [1.807, 2.05) is 5.32 Å². The van der Waals surface area contributed by atoms with E-state index in [0.29, 0.717) is 0 Å². The third-order valence-corrected chi connectivity index (χ3v) is 4.22. The fraction of sp³-hybridized carbons (Fsp3) is 0.714. The summed E-state index contributed by atoms with van der Waals surface area (Å²) in [5.74, 6) is -2.14. The summed E-state index contributed by atoms with van der Waals surface area (Å²) in [6, 6.07) is 0. The Hall–Kier alpha value is -0.910. The average Bonchev–Trinajstić information content (AvgIpc) is 2.14. The molecule has 15 heavy (non-hydrogen) atoms. The van der Waals surface area contributed by atoms with Crippen LogP contribution in [0.2, 0.25) is 0 Å². The van der Waals surface area contributed by atoms with E-state index in [2.05, 4.69) is 9.05 Å². The zero-order valence-electron chi connectivity index (χ0n) is 8.94. The van der Waals surface area contributed by atoms with E-state index in [4.69, 9.17) is 5.11 Å². The van der Waals surface area contributed by atoms with Gasteiger partial charge in [-0.05, 0) is 6.92 Å². The molecule has 0 aliphatic carbocycles. The number of aliphatic carboxylic acids is 1. The molecule has 1 unspecified atom stereocenters. The molecule has 0 saturated heterocycles. The van der Waals surface area contributed by atoms with Crippen molar-refractivity contribution in [1.29, 1.82) is 0 Å². The second-order valence-corrected chi connectivity index (χ2v) is 5.54. The fourth-order valence-electron chi connectivity index (χ4n) is 1.02. The highest BCUT2D eigenvalue weighted by atomic mass is 31.2. The molecular weight excluding hydrogens is 225 g/mol. The highest BCUT2D eigenvalue weighted by Crippen LogP contribution is 2.57. The summed E-state index contributed by atoms with van der Waals surface area (Å²) in [5, 5.41) is 8.88. The van der Waals surface area contributed by atoms with Gasteiger partial charge < -0.3 is 19.5 Å². The molecule has 7 nitrogen and oxygen atoms in total. The summed E-state index contributed by atoms with van der Waals surface area (Å²) < 4.78 is 21.0.